The molecule has 114 valence electrons. The molecule has 4 atom stereocenters. The van der Waals surface area contributed by atoms with Gasteiger partial charge in [0.1, 0.15) is 0 Å². The van der Waals surface area contributed by atoms with E-state index in [1.165, 1.54) is 0 Å². The first-order valence-corrected chi connectivity index (χ1v) is 7.97. The number of benzene rings is 1. The van der Waals surface area contributed by atoms with Crippen LogP contribution in [0.25, 0.3) is 0 Å². The first-order chi connectivity index (χ1) is 10.0. The highest BCUT2D eigenvalue weighted by Crippen LogP contribution is 2.58. The number of hydrogen-bond donors (Lipinski definition) is 3. The van der Waals surface area contributed by atoms with Gasteiger partial charge >= 0.3 is 0 Å². The average molecular weight is 289 g/mol. The second-order valence-electron chi connectivity index (χ2n) is 7.11. The minimum absolute atomic E-state index is 0.0284. The van der Waals surface area contributed by atoms with Crippen molar-refractivity contribution in [2.45, 2.75) is 49.7 Å². The van der Waals surface area contributed by atoms with E-state index >= 15 is 0 Å². The van der Waals surface area contributed by atoms with Crippen molar-refractivity contribution < 1.29 is 15.3 Å². The number of nitrogens with zero attached hydrogens (tertiary/aromatic N) is 1. The predicted octanol–water partition coefficient (Wildman–Crippen LogP) is 1.76. The minimum atomic E-state index is -0.304. The third kappa shape index (κ3) is 1.63. The SMILES string of the molecule is CN1CC[C@]23CCC[C@@H](O)[C@H]2[C@H]1Cc1ccc(O)c(O)c13. The van der Waals surface area contributed by atoms with Crippen LogP contribution >= 0.6 is 0 Å². The van der Waals surface area contributed by atoms with E-state index < -0.39 is 0 Å². The summed E-state index contributed by atoms with van der Waals surface area (Å²) in [5, 5.41) is 31.1. The summed E-state index contributed by atoms with van der Waals surface area (Å²) in [5.74, 6) is 0.194. The van der Waals surface area contributed by atoms with Gasteiger partial charge in [0.25, 0.3) is 0 Å². The van der Waals surface area contributed by atoms with Crippen LogP contribution in [0, 0.1) is 5.92 Å². The van der Waals surface area contributed by atoms with Gasteiger partial charge in [-0.3, -0.25) is 0 Å². The number of piperidine rings is 1. The Morgan fingerprint density at radius 1 is 1.24 bits per heavy atom. The first kappa shape index (κ1) is 13.4. The maximum atomic E-state index is 10.6. The first-order valence-electron chi connectivity index (χ1n) is 7.97. The summed E-state index contributed by atoms with van der Waals surface area (Å²) in [7, 11) is 2.14. The molecule has 0 spiro atoms. The maximum Gasteiger partial charge on any atom is 0.161 e. The van der Waals surface area contributed by atoms with Crippen molar-refractivity contribution in [2.75, 3.05) is 13.6 Å². The fourth-order valence-electron chi connectivity index (χ4n) is 5.35. The van der Waals surface area contributed by atoms with Crippen molar-refractivity contribution >= 4 is 0 Å². The van der Waals surface area contributed by atoms with Crippen molar-refractivity contribution in [1.29, 1.82) is 0 Å². The molecule has 1 aliphatic heterocycles. The molecule has 1 saturated heterocycles. The highest BCUT2D eigenvalue weighted by Gasteiger charge is 2.57. The molecule has 0 unspecified atom stereocenters. The summed E-state index contributed by atoms with van der Waals surface area (Å²) in [5.41, 5.74) is 1.91. The second kappa shape index (κ2) is 4.37. The summed E-state index contributed by atoms with van der Waals surface area (Å²) in [4.78, 5) is 2.37. The lowest BCUT2D eigenvalue weighted by atomic mass is 9.51. The summed E-state index contributed by atoms with van der Waals surface area (Å²) >= 11 is 0. The van der Waals surface area contributed by atoms with Crippen LogP contribution in [-0.4, -0.2) is 46.0 Å². The lowest BCUT2D eigenvalue weighted by molar-refractivity contribution is -0.0754. The molecule has 1 saturated carbocycles. The maximum absolute atomic E-state index is 10.6. The number of likely N-dealkylation sites (tertiary alicyclic amines) is 1. The van der Waals surface area contributed by atoms with Crippen molar-refractivity contribution in [3.63, 3.8) is 0 Å². The Morgan fingerprint density at radius 2 is 2.05 bits per heavy atom. The normalized spacial score (nSPS) is 38.7. The topological polar surface area (TPSA) is 63.9 Å². The quantitative estimate of drug-likeness (QED) is 0.637. The summed E-state index contributed by atoms with van der Waals surface area (Å²) in [6, 6.07) is 3.89. The standard InChI is InChI=1S/C17H23NO3/c1-18-8-7-17-6-2-3-12(19)15(17)11(18)9-10-4-5-13(20)16(21)14(10)17/h4-5,11-12,15,19-21H,2-3,6-9H2,1H3/t11-,12-,15-,17+/m1/s1. The van der Waals surface area contributed by atoms with E-state index in [1.807, 2.05) is 6.07 Å². The zero-order valence-corrected chi connectivity index (χ0v) is 12.4. The molecule has 3 aliphatic rings. The van der Waals surface area contributed by atoms with Crippen LogP contribution in [-0.2, 0) is 11.8 Å². The van der Waals surface area contributed by atoms with Gasteiger partial charge in [0.15, 0.2) is 11.5 Å². The molecule has 2 fully saturated rings. The van der Waals surface area contributed by atoms with E-state index in [0.29, 0.717) is 6.04 Å². The molecule has 0 radical (unpaired) electrons. The monoisotopic (exact) mass is 289 g/mol. The van der Waals surface area contributed by atoms with Crippen molar-refractivity contribution in [3.05, 3.63) is 23.3 Å². The highest BCUT2D eigenvalue weighted by molar-refractivity contribution is 5.56. The van der Waals surface area contributed by atoms with Crippen LogP contribution in [0.3, 0.4) is 0 Å². The van der Waals surface area contributed by atoms with Gasteiger partial charge in [-0.15, -0.1) is 0 Å². The number of fused-ring (bicyclic) bond motifs is 1. The molecule has 1 aromatic carbocycles. The molecular formula is C17H23NO3. The smallest absolute Gasteiger partial charge is 0.161 e. The van der Waals surface area contributed by atoms with Crippen molar-refractivity contribution in [3.8, 4) is 11.5 Å². The average Bonchev–Trinajstić information content (AvgIpc) is 2.47. The molecule has 2 bridgehead atoms. The van der Waals surface area contributed by atoms with E-state index in [1.54, 1.807) is 6.07 Å². The van der Waals surface area contributed by atoms with Gasteiger partial charge in [-0.1, -0.05) is 6.07 Å². The van der Waals surface area contributed by atoms with Gasteiger partial charge in [-0.2, -0.15) is 0 Å². The van der Waals surface area contributed by atoms with Crippen molar-refractivity contribution in [2.24, 2.45) is 5.92 Å². The Labute approximate surface area is 125 Å². The minimum Gasteiger partial charge on any atom is -0.504 e. The second-order valence-corrected chi connectivity index (χ2v) is 7.11. The molecule has 0 aromatic heterocycles. The summed E-state index contributed by atoms with van der Waals surface area (Å²) in [6.07, 6.45) is 4.34. The van der Waals surface area contributed by atoms with E-state index in [4.69, 9.17) is 0 Å². The van der Waals surface area contributed by atoms with E-state index in [2.05, 4.69) is 11.9 Å². The third-order valence-corrected chi connectivity index (χ3v) is 6.24. The molecule has 21 heavy (non-hydrogen) atoms. The van der Waals surface area contributed by atoms with Crippen molar-refractivity contribution in [1.82, 2.24) is 4.90 Å². The molecule has 4 nitrogen and oxygen atoms in total. The van der Waals surface area contributed by atoms with Gasteiger partial charge in [0.2, 0.25) is 0 Å². The third-order valence-electron chi connectivity index (χ3n) is 6.24. The fraction of sp³-hybridized carbons (Fsp3) is 0.647. The number of phenols is 2. The van der Waals surface area contributed by atoms with Crippen LogP contribution in [0.1, 0.15) is 36.8 Å². The molecule has 0 amide bonds. The lowest BCUT2D eigenvalue weighted by Crippen LogP contribution is -2.63. The van der Waals surface area contributed by atoms with Gasteiger partial charge < -0.3 is 20.2 Å². The Bertz CT molecular complexity index is 588. The molecule has 1 aromatic rings. The zero-order chi connectivity index (χ0) is 14.8. The number of aliphatic hydroxyl groups excluding tert-OH is 1. The van der Waals surface area contributed by atoms with Gasteiger partial charge in [0.05, 0.1) is 6.10 Å². The fourth-order valence-corrected chi connectivity index (χ4v) is 5.35. The zero-order valence-electron chi connectivity index (χ0n) is 12.4. The van der Waals surface area contributed by atoms with E-state index in [-0.39, 0.29) is 28.9 Å². The van der Waals surface area contributed by atoms with Crippen LogP contribution in [0.15, 0.2) is 12.1 Å². The number of hydrogen-bond acceptors (Lipinski definition) is 4. The van der Waals surface area contributed by atoms with Gasteiger partial charge in [-0.25, -0.2) is 0 Å². The number of likely N-dealkylation sites (N-methyl/N-ethyl adjacent to an activating group) is 1. The number of aromatic hydroxyl groups is 2. The van der Waals surface area contributed by atoms with Crippen LogP contribution in [0.5, 0.6) is 11.5 Å². The van der Waals surface area contributed by atoms with Gasteiger partial charge in [-0.05, 0) is 57.3 Å². The molecular weight excluding hydrogens is 266 g/mol. The molecule has 3 N–H and O–H groups in total. The van der Waals surface area contributed by atoms with Gasteiger partial charge in [0, 0.05) is 22.9 Å². The van der Waals surface area contributed by atoms with Crippen LogP contribution in [0.2, 0.25) is 0 Å². The molecule has 1 heterocycles. The molecule has 2 aliphatic carbocycles. The highest BCUT2D eigenvalue weighted by atomic mass is 16.3. The van der Waals surface area contributed by atoms with E-state index in [0.717, 1.165) is 49.8 Å². The lowest BCUT2D eigenvalue weighted by Gasteiger charge is -2.59. The van der Waals surface area contributed by atoms with Crippen LogP contribution < -0.4 is 0 Å². The predicted molar refractivity (Wildman–Crippen MR) is 79.5 cm³/mol. The Balaban J connectivity index is 1.96. The van der Waals surface area contributed by atoms with E-state index in [9.17, 15) is 15.3 Å². The number of phenolic OH excluding ortho intramolecular Hbond substituents is 2. The largest absolute Gasteiger partial charge is 0.504 e. The number of aliphatic hydroxyl groups is 1. The van der Waals surface area contributed by atoms with Crippen LogP contribution in [0.4, 0.5) is 0 Å². The Morgan fingerprint density at radius 3 is 2.86 bits per heavy atom. The summed E-state index contributed by atoms with van der Waals surface area (Å²) in [6.45, 7) is 0.989. The summed E-state index contributed by atoms with van der Waals surface area (Å²) < 4.78 is 0. The molecule has 4 heteroatoms. The molecule has 4 rings (SSSR count). The Hall–Kier alpha value is -1.26. The number of rotatable bonds is 0. The Kier molecular flexibility index (Phi) is 2.79.